The Labute approximate surface area is 105 Å². The van der Waals surface area contributed by atoms with Gasteiger partial charge in [-0.3, -0.25) is 0 Å². The van der Waals surface area contributed by atoms with Crippen LogP contribution in [0.4, 0.5) is 13.2 Å². The van der Waals surface area contributed by atoms with Crippen LogP contribution in [-0.2, 0) is 10.0 Å². The van der Waals surface area contributed by atoms with E-state index in [1.165, 1.54) is 4.72 Å². The van der Waals surface area contributed by atoms with E-state index in [2.05, 4.69) is 4.42 Å². The fourth-order valence-corrected chi connectivity index (χ4v) is 2.84. The number of carboxylic acid groups (broad SMARTS) is 1. The molecule has 1 heterocycles. The van der Waals surface area contributed by atoms with Gasteiger partial charge in [-0.2, -0.15) is 17.9 Å². The van der Waals surface area contributed by atoms with Crippen LogP contribution in [0.3, 0.4) is 0 Å². The molecule has 2 N–H and O–H groups in total. The molecule has 0 unspecified atom stereocenters. The number of aromatic carboxylic acids is 1. The number of rotatable bonds is 4. The molecule has 0 aliphatic heterocycles. The highest BCUT2D eigenvalue weighted by Crippen LogP contribution is 2.49. The highest BCUT2D eigenvalue weighted by atomic mass is 32.2. The number of carbonyl (C=O) groups is 1. The van der Waals surface area contributed by atoms with E-state index in [0.717, 1.165) is 12.1 Å². The molecular formula is C9H8F3NO5S. The standard InChI is InChI=1S/C9H8F3NO5S/c10-9(11,12)8(3-4-8)13-19(16,17)6-2-1-5(18-6)7(14)15/h1-2,13H,3-4H2,(H,14,15). The fourth-order valence-electron chi connectivity index (χ4n) is 1.46. The van der Waals surface area contributed by atoms with Crippen molar-refractivity contribution in [2.45, 2.75) is 29.6 Å². The van der Waals surface area contributed by atoms with Crippen molar-refractivity contribution in [3.63, 3.8) is 0 Å². The summed E-state index contributed by atoms with van der Waals surface area (Å²) in [7, 11) is -4.55. The number of furan rings is 1. The average molecular weight is 299 g/mol. The lowest BCUT2D eigenvalue weighted by Gasteiger charge is -2.19. The number of hydrogen-bond donors (Lipinski definition) is 2. The SMILES string of the molecule is O=C(O)c1ccc(S(=O)(=O)NC2(C(F)(F)F)CC2)o1. The van der Waals surface area contributed by atoms with Gasteiger partial charge in [0.1, 0.15) is 5.54 Å². The van der Waals surface area contributed by atoms with E-state index < -0.39 is 38.6 Å². The van der Waals surface area contributed by atoms with Crippen LogP contribution in [0.5, 0.6) is 0 Å². The van der Waals surface area contributed by atoms with Crippen molar-refractivity contribution in [2.75, 3.05) is 0 Å². The first-order valence-electron chi connectivity index (χ1n) is 5.01. The summed E-state index contributed by atoms with van der Waals surface area (Å²) in [6.45, 7) is 0. The Kier molecular flexibility index (Phi) is 2.90. The van der Waals surface area contributed by atoms with E-state index in [0.29, 0.717) is 0 Å². The second-order valence-electron chi connectivity index (χ2n) is 4.11. The molecule has 6 nitrogen and oxygen atoms in total. The lowest BCUT2D eigenvalue weighted by Crippen LogP contribution is -2.47. The molecule has 106 valence electrons. The zero-order chi connectivity index (χ0) is 14.5. The molecule has 1 saturated carbocycles. The van der Waals surface area contributed by atoms with Crippen LogP contribution in [-0.4, -0.2) is 31.2 Å². The average Bonchev–Trinajstić information content (AvgIpc) is 2.85. The summed E-state index contributed by atoms with van der Waals surface area (Å²) in [5.74, 6) is -2.18. The molecule has 1 aromatic heterocycles. The first-order valence-corrected chi connectivity index (χ1v) is 6.50. The molecule has 1 aromatic rings. The van der Waals surface area contributed by atoms with Crippen molar-refractivity contribution in [3.05, 3.63) is 17.9 Å². The van der Waals surface area contributed by atoms with Crippen molar-refractivity contribution < 1.29 is 35.9 Å². The molecule has 1 fully saturated rings. The molecule has 0 atom stereocenters. The molecule has 0 bridgehead atoms. The van der Waals surface area contributed by atoms with Gasteiger partial charge in [0.2, 0.25) is 10.9 Å². The zero-order valence-electron chi connectivity index (χ0n) is 9.19. The van der Waals surface area contributed by atoms with Crippen LogP contribution in [0.2, 0.25) is 0 Å². The normalized spacial score (nSPS) is 18.3. The van der Waals surface area contributed by atoms with Crippen molar-refractivity contribution >= 4 is 16.0 Å². The van der Waals surface area contributed by atoms with Crippen LogP contribution in [0.15, 0.2) is 21.6 Å². The van der Waals surface area contributed by atoms with Crippen molar-refractivity contribution in [1.29, 1.82) is 0 Å². The Morgan fingerprint density at radius 3 is 2.32 bits per heavy atom. The van der Waals surface area contributed by atoms with Crippen LogP contribution >= 0.6 is 0 Å². The Bertz CT molecular complexity index is 614. The molecule has 2 rings (SSSR count). The molecular weight excluding hydrogens is 291 g/mol. The third kappa shape index (κ3) is 2.45. The number of hydrogen-bond acceptors (Lipinski definition) is 4. The van der Waals surface area contributed by atoms with Crippen molar-refractivity contribution in [3.8, 4) is 0 Å². The Hall–Kier alpha value is -1.55. The number of carboxylic acids is 1. The topological polar surface area (TPSA) is 96.6 Å². The van der Waals surface area contributed by atoms with Crippen molar-refractivity contribution in [2.24, 2.45) is 0 Å². The fraction of sp³-hybridized carbons (Fsp3) is 0.444. The van der Waals surface area contributed by atoms with Gasteiger partial charge in [-0.1, -0.05) is 0 Å². The summed E-state index contributed by atoms with van der Waals surface area (Å²) < 4.78 is 67.2. The smallest absolute Gasteiger partial charge is 0.407 e. The largest absolute Gasteiger partial charge is 0.475 e. The monoisotopic (exact) mass is 299 g/mol. The lowest BCUT2D eigenvalue weighted by molar-refractivity contribution is -0.160. The Morgan fingerprint density at radius 1 is 1.37 bits per heavy atom. The first-order chi connectivity index (χ1) is 8.57. The summed E-state index contributed by atoms with van der Waals surface area (Å²) in [4.78, 5) is 10.5. The predicted molar refractivity (Wildman–Crippen MR) is 54.0 cm³/mol. The van der Waals surface area contributed by atoms with Gasteiger partial charge in [0, 0.05) is 0 Å². The molecule has 0 aromatic carbocycles. The minimum atomic E-state index is -4.71. The van der Waals surface area contributed by atoms with Crippen LogP contribution in [0.1, 0.15) is 23.4 Å². The maximum Gasteiger partial charge on any atom is 0.407 e. The Morgan fingerprint density at radius 2 is 1.95 bits per heavy atom. The number of halogens is 3. The molecule has 19 heavy (non-hydrogen) atoms. The van der Waals surface area contributed by atoms with E-state index in [9.17, 15) is 26.4 Å². The van der Waals surface area contributed by atoms with Crippen LogP contribution in [0.25, 0.3) is 0 Å². The zero-order valence-corrected chi connectivity index (χ0v) is 10.0. The maximum absolute atomic E-state index is 12.6. The van der Waals surface area contributed by atoms with E-state index in [-0.39, 0.29) is 12.8 Å². The van der Waals surface area contributed by atoms with E-state index in [1.54, 1.807) is 0 Å². The first kappa shape index (κ1) is 13.9. The van der Waals surface area contributed by atoms with Gasteiger partial charge in [0.15, 0.2) is 0 Å². The van der Waals surface area contributed by atoms with Gasteiger partial charge >= 0.3 is 12.1 Å². The highest BCUT2D eigenvalue weighted by Gasteiger charge is 2.65. The second kappa shape index (κ2) is 3.97. The maximum atomic E-state index is 12.6. The van der Waals surface area contributed by atoms with Gasteiger partial charge < -0.3 is 9.52 Å². The number of alkyl halides is 3. The number of nitrogens with one attached hydrogen (secondary N) is 1. The quantitative estimate of drug-likeness (QED) is 0.874. The third-order valence-corrected chi connectivity index (χ3v) is 4.09. The van der Waals surface area contributed by atoms with Gasteiger partial charge in [-0.25, -0.2) is 13.2 Å². The minimum absolute atomic E-state index is 0.359. The second-order valence-corrected chi connectivity index (χ2v) is 5.72. The molecule has 0 spiro atoms. The molecule has 10 heteroatoms. The van der Waals surface area contributed by atoms with E-state index >= 15 is 0 Å². The molecule has 1 aliphatic carbocycles. The summed E-state index contributed by atoms with van der Waals surface area (Å²) in [6.07, 6.45) is -5.42. The summed E-state index contributed by atoms with van der Waals surface area (Å²) in [5.41, 5.74) is -2.47. The molecule has 0 saturated heterocycles. The number of sulfonamides is 1. The summed E-state index contributed by atoms with van der Waals surface area (Å²) >= 11 is 0. The van der Waals surface area contributed by atoms with Crippen molar-refractivity contribution in [1.82, 2.24) is 4.72 Å². The van der Waals surface area contributed by atoms with Crippen LogP contribution in [0, 0.1) is 0 Å². The van der Waals surface area contributed by atoms with Crippen LogP contribution < -0.4 is 4.72 Å². The molecule has 0 amide bonds. The van der Waals surface area contributed by atoms with E-state index in [1.807, 2.05) is 0 Å². The van der Waals surface area contributed by atoms with Gasteiger partial charge in [0.25, 0.3) is 10.0 Å². The summed E-state index contributed by atoms with van der Waals surface area (Å²) in [5, 5.41) is 7.69. The highest BCUT2D eigenvalue weighted by molar-refractivity contribution is 7.89. The molecule has 0 radical (unpaired) electrons. The van der Waals surface area contributed by atoms with Gasteiger partial charge in [0.05, 0.1) is 0 Å². The molecule has 1 aliphatic rings. The third-order valence-electron chi connectivity index (χ3n) is 2.68. The predicted octanol–water partition coefficient (Wildman–Crippen LogP) is 1.35. The Balaban J connectivity index is 2.26. The minimum Gasteiger partial charge on any atom is -0.475 e. The van der Waals surface area contributed by atoms with E-state index in [4.69, 9.17) is 5.11 Å². The summed E-state index contributed by atoms with van der Waals surface area (Å²) in [6, 6.07) is 1.64. The van der Waals surface area contributed by atoms with Gasteiger partial charge in [-0.05, 0) is 25.0 Å². The van der Waals surface area contributed by atoms with Gasteiger partial charge in [-0.15, -0.1) is 0 Å². The lowest BCUT2D eigenvalue weighted by atomic mass is 10.3.